The van der Waals surface area contributed by atoms with E-state index in [1.165, 1.54) is 18.4 Å². The minimum absolute atomic E-state index is 0.217. The first kappa shape index (κ1) is 14.9. The van der Waals surface area contributed by atoms with E-state index in [-0.39, 0.29) is 5.54 Å². The summed E-state index contributed by atoms with van der Waals surface area (Å²) in [6.07, 6.45) is 2.69. The summed E-state index contributed by atoms with van der Waals surface area (Å²) in [4.78, 5) is 2.63. The first-order chi connectivity index (χ1) is 10.0. The second kappa shape index (κ2) is 5.98. The summed E-state index contributed by atoms with van der Waals surface area (Å²) in [5, 5.41) is 3.67. The van der Waals surface area contributed by atoms with Gasteiger partial charge in [0.1, 0.15) is 12.4 Å². The molecule has 0 radical (unpaired) electrons. The molecule has 21 heavy (non-hydrogen) atoms. The van der Waals surface area contributed by atoms with Crippen molar-refractivity contribution in [3.8, 4) is 5.75 Å². The second-order valence-corrected chi connectivity index (χ2v) is 7.46. The monoisotopic (exact) mass is 288 g/mol. The van der Waals surface area contributed by atoms with Crippen molar-refractivity contribution in [2.45, 2.75) is 51.7 Å². The SMILES string of the molecule is CC(C)(C)NCC1CCC1N1CCOc2ccccc2C1. The Labute approximate surface area is 128 Å². The molecule has 2 unspecified atom stereocenters. The maximum atomic E-state index is 5.89. The molecule has 1 fully saturated rings. The molecule has 0 bridgehead atoms. The fraction of sp³-hybridized carbons (Fsp3) is 0.667. The highest BCUT2D eigenvalue weighted by Crippen LogP contribution is 2.35. The van der Waals surface area contributed by atoms with Crippen molar-refractivity contribution >= 4 is 0 Å². The lowest BCUT2D eigenvalue weighted by atomic mass is 9.77. The van der Waals surface area contributed by atoms with Gasteiger partial charge in [-0.1, -0.05) is 18.2 Å². The van der Waals surface area contributed by atoms with E-state index in [1.807, 2.05) is 0 Å². The number of fused-ring (bicyclic) bond motifs is 1. The fourth-order valence-electron chi connectivity index (χ4n) is 3.34. The summed E-state index contributed by atoms with van der Waals surface area (Å²) in [6, 6.07) is 9.20. The van der Waals surface area contributed by atoms with Gasteiger partial charge in [-0.05, 0) is 52.1 Å². The highest BCUT2D eigenvalue weighted by molar-refractivity contribution is 5.33. The predicted octanol–water partition coefficient (Wildman–Crippen LogP) is 3.05. The van der Waals surface area contributed by atoms with Gasteiger partial charge in [-0.25, -0.2) is 0 Å². The molecule has 2 atom stereocenters. The molecule has 0 spiro atoms. The predicted molar refractivity (Wildman–Crippen MR) is 86.6 cm³/mol. The van der Waals surface area contributed by atoms with Crippen molar-refractivity contribution < 1.29 is 4.74 Å². The number of hydrogen-bond donors (Lipinski definition) is 1. The van der Waals surface area contributed by atoms with E-state index in [1.54, 1.807) is 0 Å². The van der Waals surface area contributed by atoms with Crippen LogP contribution < -0.4 is 10.1 Å². The molecule has 0 saturated heterocycles. The molecule has 0 amide bonds. The third-order valence-electron chi connectivity index (χ3n) is 4.72. The van der Waals surface area contributed by atoms with Gasteiger partial charge in [-0.3, -0.25) is 4.90 Å². The normalized spacial score (nSPS) is 26.4. The van der Waals surface area contributed by atoms with E-state index < -0.39 is 0 Å². The van der Waals surface area contributed by atoms with Crippen molar-refractivity contribution in [2.24, 2.45) is 5.92 Å². The molecule has 1 N–H and O–H groups in total. The zero-order chi connectivity index (χ0) is 14.9. The first-order valence-corrected chi connectivity index (χ1v) is 8.23. The van der Waals surface area contributed by atoms with Crippen LogP contribution in [0.1, 0.15) is 39.2 Å². The number of ether oxygens (including phenoxy) is 1. The standard InChI is InChI=1S/C18H28N2O/c1-18(2,3)19-12-14-8-9-16(14)20-10-11-21-17-7-5-4-6-15(17)13-20/h4-7,14,16,19H,8-13H2,1-3H3. The van der Waals surface area contributed by atoms with Crippen molar-refractivity contribution in [1.29, 1.82) is 0 Å². The molecule has 1 aliphatic heterocycles. The minimum Gasteiger partial charge on any atom is -0.492 e. The lowest BCUT2D eigenvalue weighted by Crippen LogP contribution is -2.52. The van der Waals surface area contributed by atoms with Crippen LogP contribution in [0.15, 0.2) is 24.3 Å². The second-order valence-electron chi connectivity index (χ2n) is 7.46. The van der Waals surface area contributed by atoms with Gasteiger partial charge in [0.25, 0.3) is 0 Å². The molecule has 3 nitrogen and oxygen atoms in total. The molecule has 3 rings (SSSR count). The van der Waals surface area contributed by atoms with Crippen LogP contribution in [0.25, 0.3) is 0 Å². The Bertz CT molecular complexity index is 480. The van der Waals surface area contributed by atoms with Gasteiger partial charge in [-0.15, -0.1) is 0 Å². The van der Waals surface area contributed by atoms with Gasteiger partial charge in [0, 0.05) is 30.2 Å². The molecule has 1 heterocycles. The van der Waals surface area contributed by atoms with Gasteiger partial charge in [0.2, 0.25) is 0 Å². The third kappa shape index (κ3) is 3.58. The van der Waals surface area contributed by atoms with Crippen LogP contribution in [0, 0.1) is 5.92 Å². The molecule has 1 aromatic rings. The van der Waals surface area contributed by atoms with Crippen molar-refractivity contribution in [3.63, 3.8) is 0 Å². The highest BCUT2D eigenvalue weighted by atomic mass is 16.5. The van der Waals surface area contributed by atoms with E-state index >= 15 is 0 Å². The Balaban J connectivity index is 1.62. The van der Waals surface area contributed by atoms with Crippen molar-refractivity contribution in [2.75, 3.05) is 19.7 Å². The average molecular weight is 288 g/mol. The minimum atomic E-state index is 0.217. The number of hydrogen-bond acceptors (Lipinski definition) is 3. The van der Waals surface area contributed by atoms with Crippen LogP contribution in [0.4, 0.5) is 0 Å². The van der Waals surface area contributed by atoms with Gasteiger partial charge >= 0.3 is 0 Å². The van der Waals surface area contributed by atoms with Gasteiger partial charge in [0.15, 0.2) is 0 Å². The van der Waals surface area contributed by atoms with Gasteiger partial charge < -0.3 is 10.1 Å². The number of nitrogens with zero attached hydrogens (tertiary/aromatic N) is 1. The highest BCUT2D eigenvalue weighted by Gasteiger charge is 2.36. The van der Waals surface area contributed by atoms with Gasteiger partial charge in [0.05, 0.1) is 0 Å². The Morgan fingerprint density at radius 2 is 2.05 bits per heavy atom. The Hall–Kier alpha value is -1.06. The summed E-state index contributed by atoms with van der Waals surface area (Å²) in [6.45, 7) is 10.8. The van der Waals surface area contributed by atoms with Crippen LogP contribution in [0.5, 0.6) is 5.75 Å². The zero-order valence-corrected chi connectivity index (χ0v) is 13.6. The van der Waals surface area contributed by atoms with Crippen LogP contribution >= 0.6 is 0 Å². The zero-order valence-electron chi connectivity index (χ0n) is 13.6. The molecule has 0 aromatic heterocycles. The number of nitrogens with one attached hydrogen (secondary N) is 1. The summed E-state index contributed by atoms with van der Waals surface area (Å²) >= 11 is 0. The number of benzene rings is 1. The maximum Gasteiger partial charge on any atom is 0.123 e. The van der Waals surface area contributed by atoms with E-state index in [4.69, 9.17) is 4.74 Å². The quantitative estimate of drug-likeness (QED) is 0.925. The lowest BCUT2D eigenvalue weighted by molar-refractivity contribution is 0.0482. The van der Waals surface area contributed by atoms with Crippen LogP contribution in [0.3, 0.4) is 0 Å². The Morgan fingerprint density at radius 1 is 1.24 bits per heavy atom. The van der Waals surface area contributed by atoms with Gasteiger partial charge in [-0.2, -0.15) is 0 Å². The van der Waals surface area contributed by atoms with Crippen molar-refractivity contribution in [3.05, 3.63) is 29.8 Å². The fourth-order valence-corrected chi connectivity index (χ4v) is 3.34. The van der Waals surface area contributed by atoms with Crippen LogP contribution in [0.2, 0.25) is 0 Å². The largest absolute Gasteiger partial charge is 0.492 e. The molecular weight excluding hydrogens is 260 g/mol. The van der Waals surface area contributed by atoms with E-state index in [2.05, 4.69) is 55.3 Å². The average Bonchev–Trinajstić information content (AvgIpc) is 2.58. The third-order valence-corrected chi connectivity index (χ3v) is 4.72. The molecule has 2 aliphatic rings. The lowest BCUT2D eigenvalue weighted by Gasteiger charge is -2.45. The molecular formula is C18H28N2O. The van der Waals surface area contributed by atoms with E-state index in [9.17, 15) is 0 Å². The smallest absolute Gasteiger partial charge is 0.123 e. The number of para-hydroxylation sites is 1. The van der Waals surface area contributed by atoms with E-state index in [0.717, 1.165) is 44.0 Å². The Kier molecular flexibility index (Phi) is 4.23. The molecule has 1 saturated carbocycles. The van der Waals surface area contributed by atoms with Crippen molar-refractivity contribution in [1.82, 2.24) is 10.2 Å². The van der Waals surface area contributed by atoms with Crippen LogP contribution in [-0.4, -0.2) is 36.2 Å². The van der Waals surface area contributed by atoms with Crippen LogP contribution in [-0.2, 0) is 6.54 Å². The van der Waals surface area contributed by atoms with E-state index in [0.29, 0.717) is 0 Å². The first-order valence-electron chi connectivity index (χ1n) is 8.23. The molecule has 116 valence electrons. The maximum absolute atomic E-state index is 5.89. The molecule has 3 heteroatoms. The molecule has 1 aliphatic carbocycles. The molecule has 1 aromatic carbocycles. The Morgan fingerprint density at radius 3 is 2.76 bits per heavy atom. The summed E-state index contributed by atoms with van der Waals surface area (Å²) in [5.74, 6) is 1.86. The summed E-state index contributed by atoms with van der Waals surface area (Å²) in [7, 11) is 0. The summed E-state index contributed by atoms with van der Waals surface area (Å²) < 4.78 is 5.89. The summed E-state index contributed by atoms with van der Waals surface area (Å²) in [5.41, 5.74) is 1.55. The topological polar surface area (TPSA) is 24.5 Å². The number of rotatable bonds is 3.